The molecule has 2 N–H and O–H groups in total. The predicted octanol–water partition coefficient (Wildman–Crippen LogP) is 1.35. The molecule has 0 atom stereocenters. The molecule has 0 spiro atoms. The number of hydrogen-bond acceptors (Lipinski definition) is 4. The van der Waals surface area contributed by atoms with Crippen LogP contribution in [0.1, 0.15) is 17.3 Å². The van der Waals surface area contributed by atoms with Gasteiger partial charge in [-0.25, -0.2) is 0 Å². The third-order valence-electron chi connectivity index (χ3n) is 2.65. The van der Waals surface area contributed by atoms with Gasteiger partial charge in [-0.3, -0.25) is 20.4 Å². The van der Waals surface area contributed by atoms with E-state index in [0.29, 0.717) is 30.3 Å². The Kier molecular flexibility index (Phi) is 4.98. The fourth-order valence-corrected chi connectivity index (χ4v) is 1.67. The second-order valence-electron chi connectivity index (χ2n) is 4.19. The van der Waals surface area contributed by atoms with Gasteiger partial charge in [-0.15, -0.1) is 0 Å². The molecule has 1 heterocycles. The van der Waals surface area contributed by atoms with E-state index in [1.54, 1.807) is 36.4 Å². The minimum absolute atomic E-state index is 0.372. The summed E-state index contributed by atoms with van der Waals surface area (Å²) in [6.45, 7) is 2.78. The minimum Gasteiger partial charge on any atom is -0.486 e. The van der Waals surface area contributed by atoms with Gasteiger partial charge in [0.2, 0.25) is 0 Å². The molecule has 0 radical (unpaired) electrons. The van der Waals surface area contributed by atoms with Crippen LogP contribution in [0.25, 0.3) is 0 Å². The summed E-state index contributed by atoms with van der Waals surface area (Å²) < 4.78 is 10.8. The summed E-state index contributed by atoms with van der Waals surface area (Å²) in [5.41, 5.74) is 4.98. The maximum Gasteiger partial charge on any atom is 0.269 e. The topological polar surface area (TPSA) is 76.7 Å². The van der Waals surface area contributed by atoms with Gasteiger partial charge in [-0.1, -0.05) is 18.2 Å². The second-order valence-corrected chi connectivity index (χ2v) is 4.19. The molecular weight excluding hydrogens is 272 g/mol. The number of carbonyl (C=O) groups is 2. The van der Waals surface area contributed by atoms with Crippen LogP contribution in [0.5, 0.6) is 11.5 Å². The zero-order valence-corrected chi connectivity index (χ0v) is 11.6. The summed E-state index contributed by atoms with van der Waals surface area (Å²) in [7, 11) is 0. The van der Waals surface area contributed by atoms with E-state index >= 15 is 0 Å². The van der Waals surface area contributed by atoms with E-state index in [0.717, 1.165) is 0 Å². The molecule has 0 unspecified atom stereocenters. The lowest BCUT2D eigenvalue weighted by Gasteiger charge is -2.18. The normalized spacial score (nSPS) is 13.4. The van der Waals surface area contributed by atoms with E-state index in [2.05, 4.69) is 10.9 Å². The molecule has 6 nitrogen and oxygen atoms in total. The monoisotopic (exact) mass is 288 g/mol. The van der Waals surface area contributed by atoms with Crippen molar-refractivity contribution in [2.24, 2.45) is 0 Å². The molecule has 2 amide bonds. The molecule has 0 aromatic heterocycles. The molecule has 0 aliphatic carbocycles. The molecule has 6 heteroatoms. The van der Waals surface area contributed by atoms with Gasteiger partial charge in [0.1, 0.15) is 13.2 Å². The molecule has 0 fully saturated rings. The van der Waals surface area contributed by atoms with Gasteiger partial charge in [-0.2, -0.15) is 0 Å². The van der Waals surface area contributed by atoms with Crippen LogP contribution in [0.2, 0.25) is 0 Å². The lowest BCUT2D eigenvalue weighted by molar-refractivity contribution is -0.117. The highest BCUT2D eigenvalue weighted by Gasteiger charge is 2.14. The van der Waals surface area contributed by atoms with Crippen LogP contribution in [-0.2, 0) is 4.79 Å². The lowest BCUT2D eigenvalue weighted by Crippen LogP contribution is -2.40. The van der Waals surface area contributed by atoms with Gasteiger partial charge < -0.3 is 9.47 Å². The van der Waals surface area contributed by atoms with Crippen molar-refractivity contribution < 1.29 is 19.1 Å². The smallest absolute Gasteiger partial charge is 0.269 e. The van der Waals surface area contributed by atoms with Crippen molar-refractivity contribution in [2.45, 2.75) is 6.92 Å². The predicted molar refractivity (Wildman–Crippen MR) is 77.0 cm³/mol. The van der Waals surface area contributed by atoms with E-state index in [4.69, 9.17) is 9.47 Å². The van der Waals surface area contributed by atoms with Gasteiger partial charge in [-0.05, 0) is 25.1 Å². The van der Waals surface area contributed by atoms with Crippen LogP contribution in [-0.4, -0.2) is 25.0 Å². The molecule has 21 heavy (non-hydrogen) atoms. The number of carbonyl (C=O) groups excluding carboxylic acids is 2. The van der Waals surface area contributed by atoms with Crippen molar-refractivity contribution in [1.29, 1.82) is 0 Å². The standard InChI is InChI=1S/C15H16N2O4/c1-2-3-4-5-14(18)16-17-15(19)11-6-7-12-13(10-11)21-9-8-20-12/h2-7,10H,8-9H2,1H3,(H,16,18)(H,17,19)/b3-2+,5-4+. The highest BCUT2D eigenvalue weighted by atomic mass is 16.6. The molecule has 0 bridgehead atoms. The van der Waals surface area contributed by atoms with Gasteiger partial charge in [0, 0.05) is 11.6 Å². The van der Waals surface area contributed by atoms with E-state index in [-0.39, 0.29) is 0 Å². The number of allylic oxidation sites excluding steroid dienone is 3. The van der Waals surface area contributed by atoms with Crippen molar-refractivity contribution in [2.75, 3.05) is 13.2 Å². The number of fused-ring (bicyclic) bond motifs is 1. The number of benzene rings is 1. The highest BCUT2D eigenvalue weighted by molar-refractivity contribution is 5.97. The first-order valence-electron chi connectivity index (χ1n) is 6.50. The number of hydrogen-bond donors (Lipinski definition) is 2. The lowest BCUT2D eigenvalue weighted by atomic mass is 10.2. The molecule has 1 aromatic rings. The average Bonchev–Trinajstić information content (AvgIpc) is 2.52. The number of rotatable bonds is 3. The fourth-order valence-electron chi connectivity index (χ4n) is 1.67. The first-order valence-corrected chi connectivity index (χ1v) is 6.50. The van der Waals surface area contributed by atoms with Crippen molar-refractivity contribution in [3.63, 3.8) is 0 Å². The van der Waals surface area contributed by atoms with Crippen LogP contribution < -0.4 is 20.3 Å². The second kappa shape index (κ2) is 7.14. The Labute approximate surface area is 122 Å². The molecule has 1 aromatic carbocycles. The van der Waals surface area contributed by atoms with Crippen molar-refractivity contribution in [3.8, 4) is 11.5 Å². The zero-order valence-electron chi connectivity index (χ0n) is 11.6. The Morgan fingerprint density at radius 3 is 2.62 bits per heavy atom. The molecule has 0 saturated heterocycles. The quantitative estimate of drug-likeness (QED) is 0.500. The van der Waals surface area contributed by atoms with E-state index < -0.39 is 11.8 Å². The first-order chi connectivity index (χ1) is 10.2. The molecule has 0 saturated carbocycles. The van der Waals surface area contributed by atoms with Crippen LogP contribution in [0.3, 0.4) is 0 Å². The van der Waals surface area contributed by atoms with Crippen LogP contribution >= 0.6 is 0 Å². The minimum atomic E-state index is -0.431. The summed E-state index contributed by atoms with van der Waals surface area (Å²) in [6.07, 6.45) is 6.38. The molecular formula is C15H16N2O4. The Morgan fingerprint density at radius 1 is 1.10 bits per heavy atom. The van der Waals surface area contributed by atoms with Gasteiger partial charge in [0.05, 0.1) is 0 Å². The third-order valence-corrected chi connectivity index (χ3v) is 2.65. The summed E-state index contributed by atoms with van der Waals surface area (Å²) >= 11 is 0. The van der Waals surface area contributed by atoms with Crippen LogP contribution in [0, 0.1) is 0 Å². The maximum absolute atomic E-state index is 11.9. The summed E-state index contributed by atoms with van der Waals surface area (Å²) in [5.74, 6) is 0.281. The zero-order chi connectivity index (χ0) is 15.1. The fraction of sp³-hybridized carbons (Fsp3) is 0.200. The Balaban J connectivity index is 1.93. The van der Waals surface area contributed by atoms with Gasteiger partial charge >= 0.3 is 0 Å². The Hall–Kier alpha value is -2.76. The number of nitrogens with one attached hydrogen (secondary N) is 2. The number of hydrazine groups is 1. The Bertz CT molecular complexity index is 593. The Morgan fingerprint density at radius 2 is 1.86 bits per heavy atom. The summed E-state index contributed by atoms with van der Waals surface area (Å²) in [5, 5.41) is 0. The molecule has 110 valence electrons. The number of ether oxygens (including phenoxy) is 2. The average molecular weight is 288 g/mol. The molecule has 1 aliphatic heterocycles. The summed E-state index contributed by atoms with van der Waals surface area (Å²) in [4.78, 5) is 23.3. The molecule has 2 rings (SSSR count). The van der Waals surface area contributed by atoms with Gasteiger partial charge in [0.15, 0.2) is 11.5 Å². The SMILES string of the molecule is C/C=C/C=C/C(=O)NNC(=O)c1ccc2c(c1)OCCO2. The largest absolute Gasteiger partial charge is 0.486 e. The molecule has 1 aliphatic rings. The van der Waals surface area contributed by atoms with Gasteiger partial charge in [0.25, 0.3) is 11.8 Å². The number of amides is 2. The first kappa shape index (κ1) is 14.6. The highest BCUT2D eigenvalue weighted by Crippen LogP contribution is 2.30. The van der Waals surface area contributed by atoms with Crippen LogP contribution in [0.15, 0.2) is 42.5 Å². The van der Waals surface area contributed by atoms with E-state index in [1.165, 1.54) is 6.08 Å². The van der Waals surface area contributed by atoms with Crippen LogP contribution in [0.4, 0.5) is 0 Å². The van der Waals surface area contributed by atoms with E-state index in [9.17, 15) is 9.59 Å². The van der Waals surface area contributed by atoms with E-state index in [1.807, 2.05) is 6.92 Å². The third kappa shape index (κ3) is 4.10. The van der Waals surface area contributed by atoms with Crippen molar-refractivity contribution >= 4 is 11.8 Å². The maximum atomic E-state index is 11.9. The van der Waals surface area contributed by atoms with Crippen molar-refractivity contribution in [1.82, 2.24) is 10.9 Å². The summed E-state index contributed by atoms with van der Waals surface area (Å²) in [6, 6.07) is 4.84. The van der Waals surface area contributed by atoms with Crippen molar-refractivity contribution in [3.05, 3.63) is 48.1 Å².